The normalized spacial score (nSPS) is 13.6. The first-order valence-electron chi connectivity index (χ1n) is 3.73. The maximum Gasteiger partial charge on any atom is 0.326 e. The number of amides is 1. The molecule has 0 radical (unpaired) electrons. The zero-order valence-electron chi connectivity index (χ0n) is 7.50. The van der Waals surface area contributed by atoms with Crippen LogP contribution in [0.4, 0.5) is 0 Å². The van der Waals surface area contributed by atoms with Crippen molar-refractivity contribution in [2.24, 2.45) is 0 Å². The Labute approximate surface area is 81.6 Å². The molecule has 5 heteroatoms. The highest BCUT2D eigenvalue weighted by Gasteiger charge is 2.18. The molecule has 0 aromatic heterocycles. The van der Waals surface area contributed by atoms with E-state index in [1.54, 1.807) is 6.92 Å². The first-order chi connectivity index (χ1) is 5.97. The molecule has 0 aliphatic rings. The van der Waals surface area contributed by atoms with Crippen LogP contribution in [0.1, 0.15) is 20.3 Å². The van der Waals surface area contributed by atoms with Gasteiger partial charge in [0.25, 0.3) is 0 Å². The van der Waals surface area contributed by atoms with Crippen LogP contribution in [0.3, 0.4) is 0 Å². The lowest BCUT2D eigenvalue weighted by molar-refractivity contribution is -0.141. The van der Waals surface area contributed by atoms with E-state index in [4.69, 9.17) is 16.7 Å². The molecular formula is C8H12ClNO3. The minimum Gasteiger partial charge on any atom is -0.480 e. The second-order valence-electron chi connectivity index (χ2n) is 2.75. The smallest absolute Gasteiger partial charge is 0.326 e. The Morgan fingerprint density at radius 2 is 2.08 bits per heavy atom. The number of aliphatic carboxylic acids is 1. The Morgan fingerprint density at radius 1 is 1.54 bits per heavy atom. The van der Waals surface area contributed by atoms with Crippen LogP contribution in [0.2, 0.25) is 0 Å². The Balaban J connectivity index is 4.27. The van der Waals surface area contributed by atoms with Crippen LogP contribution in [0.5, 0.6) is 0 Å². The van der Waals surface area contributed by atoms with Crippen molar-refractivity contribution in [3.8, 4) is 0 Å². The first kappa shape index (κ1) is 12.0. The zero-order valence-corrected chi connectivity index (χ0v) is 8.26. The second kappa shape index (κ2) is 5.59. The van der Waals surface area contributed by atoms with Crippen molar-refractivity contribution in [2.75, 3.05) is 0 Å². The number of nitrogens with one attached hydrogen (secondary N) is 1. The summed E-state index contributed by atoms with van der Waals surface area (Å²) in [5.74, 6) is -1.43. The number of carbonyl (C=O) groups is 2. The molecular weight excluding hydrogens is 194 g/mol. The number of rotatable bonds is 4. The third-order valence-corrected chi connectivity index (χ3v) is 1.76. The second-order valence-corrected chi connectivity index (χ2v) is 2.97. The van der Waals surface area contributed by atoms with Gasteiger partial charge >= 0.3 is 5.97 Å². The fourth-order valence-corrected chi connectivity index (χ4v) is 0.901. The van der Waals surface area contributed by atoms with Gasteiger partial charge in [-0.15, -0.1) is 0 Å². The molecule has 0 fully saturated rings. The van der Waals surface area contributed by atoms with Crippen molar-refractivity contribution in [3.63, 3.8) is 0 Å². The van der Waals surface area contributed by atoms with Crippen molar-refractivity contribution in [2.45, 2.75) is 26.3 Å². The van der Waals surface area contributed by atoms with Gasteiger partial charge in [0, 0.05) is 18.9 Å². The molecule has 2 N–H and O–H groups in total. The highest BCUT2D eigenvalue weighted by molar-refractivity contribution is 6.25. The number of carboxylic acid groups (broad SMARTS) is 1. The summed E-state index contributed by atoms with van der Waals surface area (Å²) < 4.78 is 0. The molecule has 0 saturated heterocycles. The molecule has 13 heavy (non-hydrogen) atoms. The van der Waals surface area contributed by atoms with E-state index in [1.165, 1.54) is 12.5 Å². The number of carboxylic acids is 1. The molecule has 0 spiro atoms. The summed E-state index contributed by atoms with van der Waals surface area (Å²) >= 11 is 5.37. The van der Waals surface area contributed by atoms with Crippen molar-refractivity contribution >= 4 is 23.5 Å². The van der Waals surface area contributed by atoms with E-state index < -0.39 is 12.0 Å². The highest BCUT2D eigenvalue weighted by atomic mass is 35.5. The predicted octanol–water partition coefficient (Wildman–Crippen LogP) is 1.11. The summed E-state index contributed by atoms with van der Waals surface area (Å²) in [5.41, 5.74) is 2.01. The van der Waals surface area contributed by atoms with E-state index in [0.717, 1.165) is 0 Å². The standard InChI is InChI=1S/C8H12ClNO3/c1-5(4-9)3-7(8(12)13)10-6(2)11/h4,7H,3H2,1-2H3,(H,10,11)(H,12,13). The zero-order chi connectivity index (χ0) is 10.4. The Morgan fingerprint density at radius 3 is 2.38 bits per heavy atom. The molecule has 4 nitrogen and oxygen atoms in total. The largest absolute Gasteiger partial charge is 0.480 e. The minimum absolute atomic E-state index is 0.221. The van der Waals surface area contributed by atoms with Crippen molar-refractivity contribution in [1.82, 2.24) is 5.32 Å². The molecule has 1 atom stereocenters. The van der Waals surface area contributed by atoms with E-state index >= 15 is 0 Å². The third kappa shape index (κ3) is 5.25. The van der Waals surface area contributed by atoms with Gasteiger partial charge in [0.1, 0.15) is 6.04 Å². The molecule has 0 heterocycles. The van der Waals surface area contributed by atoms with Crippen molar-refractivity contribution in [3.05, 3.63) is 11.1 Å². The van der Waals surface area contributed by atoms with E-state index in [1.807, 2.05) is 0 Å². The molecule has 0 aromatic rings. The minimum atomic E-state index is -1.06. The molecule has 0 rings (SSSR count). The molecule has 0 aliphatic heterocycles. The molecule has 0 saturated carbocycles. The summed E-state index contributed by atoms with van der Waals surface area (Å²) in [6.45, 7) is 2.97. The van der Waals surface area contributed by atoms with Gasteiger partial charge in [0.2, 0.25) is 5.91 Å². The predicted molar refractivity (Wildman–Crippen MR) is 49.5 cm³/mol. The van der Waals surface area contributed by atoms with Crippen LogP contribution < -0.4 is 5.32 Å². The quantitative estimate of drug-likeness (QED) is 0.723. The topological polar surface area (TPSA) is 66.4 Å². The Bertz CT molecular complexity index is 238. The first-order valence-corrected chi connectivity index (χ1v) is 4.16. The van der Waals surface area contributed by atoms with Gasteiger partial charge in [0.15, 0.2) is 0 Å². The van der Waals surface area contributed by atoms with Gasteiger partial charge in [-0.1, -0.05) is 17.2 Å². The van der Waals surface area contributed by atoms with Crippen molar-refractivity contribution in [1.29, 1.82) is 0 Å². The van der Waals surface area contributed by atoms with Gasteiger partial charge in [-0.2, -0.15) is 0 Å². The molecule has 1 amide bonds. The van der Waals surface area contributed by atoms with Crippen molar-refractivity contribution < 1.29 is 14.7 Å². The van der Waals surface area contributed by atoms with Crippen LogP contribution in [0.25, 0.3) is 0 Å². The lowest BCUT2D eigenvalue weighted by Crippen LogP contribution is -2.39. The van der Waals surface area contributed by atoms with Gasteiger partial charge in [-0.05, 0) is 6.92 Å². The van der Waals surface area contributed by atoms with Gasteiger partial charge < -0.3 is 10.4 Å². The van der Waals surface area contributed by atoms with E-state index in [9.17, 15) is 9.59 Å². The number of hydrogen-bond acceptors (Lipinski definition) is 2. The van der Waals surface area contributed by atoms with Crippen LogP contribution in [0, 0.1) is 0 Å². The highest BCUT2D eigenvalue weighted by Crippen LogP contribution is 2.06. The maximum absolute atomic E-state index is 10.6. The SMILES string of the molecule is CC(=O)NC(CC(C)=CCl)C(=O)O. The average Bonchev–Trinajstić information content (AvgIpc) is 2.02. The molecule has 0 aliphatic carbocycles. The van der Waals surface area contributed by atoms with E-state index in [-0.39, 0.29) is 12.3 Å². The molecule has 0 aromatic carbocycles. The van der Waals surface area contributed by atoms with Gasteiger partial charge in [0.05, 0.1) is 0 Å². The molecule has 0 bridgehead atoms. The number of hydrogen-bond donors (Lipinski definition) is 2. The van der Waals surface area contributed by atoms with E-state index in [0.29, 0.717) is 5.57 Å². The van der Waals surface area contributed by atoms with Crippen LogP contribution >= 0.6 is 11.6 Å². The third-order valence-electron chi connectivity index (χ3n) is 1.39. The summed E-state index contributed by atoms with van der Waals surface area (Å²) in [6.07, 6.45) is 0.221. The molecule has 1 unspecified atom stereocenters. The fourth-order valence-electron chi connectivity index (χ4n) is 0.812. The lowest BCUT2D eigenvalue weighted by Gasteiger charge is -2.12. The summed E-state index contributed by atoms with van der Waals surface area (Å²) in [7, 11) is 0. The van der Waals surface area contributed by atoms with Crippen LogP contribution in [-0.2, 0) is 9.59 Å². The number of halogens is 1. The molecule has 74 valence electrons. The lowest BCUT2D eigenvalue weighted by atomic mass is 10.1. The number of carbonyl (C=O) groups excluding carboxylic acids is 1. The van der Waals surface area contributed by atoms with Crippen LogP contribution in [0.15, 0.2) is 11.1 Å². The summed E-state index contributed by atoms with van der Waals surface area (Å²) in [4.78, 5) is 21.2. The summed E-state index contributed by atoms with van der Waals surface area (Å²) in [5, 5.41) is 11.0. The van der Waals surface area contributed by atoms with Gasteiger partial charge in [-0.25, -0.2) is 4.79 Å². The Kier molecular flexibility index (Phi) is 5.14. The van der Waals surface area contributed by atoms with E-state index in [2.05, 4.69) is 5.32 Å². The van der Waals surface area contributed by atoms with Gasteiger partial charge in [-0.3, -0.25) is 4.79 Å². The fraction of sp³-hybridized carbons (Fsp3) is 0.500. The monoisotopic (exact) mass is 205 g/mol. The van der Waals surface area contributed by atoms with Crippen LogP contribution in [-0.4, -0.2) is 23.0 Å². The maximum atomic E-state index is 10.6. The Hall–Kier alpha value is -1.03. The average molecular weight is 206 g/mol. The summed E-state index contributed by atoms with van der Waals surface area (Å²) in [6, 6.07) is -0.896.